The van der Waals surface area contributed by atoms with Gasteiger partial charge in [0.2, 0.25) is 0 Å². The topological polar surface area (TPSA) is 55.2 Å². The summed E-state index contributed by atoms with van der Waals surface area (Å²) in [5.74, 6) is -0.536. The molecule has 0 saturated carbocycles. The number of amides is 1. The third kappa shape index (κ3) is 3.06. The molecular weight excluding hydrogens is 516 g/mol. The molecule has 2 aliphatic rings. The zero-order chi connectivity index (χ0) is 26.4. The van der Waals surface area contributed by atoms with E-state index in [1.807, 2.05) is 28.8 Å². The second-order valence-electron chi connectivity index (χ2n) is 9.20. The standard InChI is InChI=1S/C26H22BrFN3O2P/c1-30-22-13-21(24-16(26(30)32)5-4-6-17(24)27)31-20-12-15(7-9-19(20)29-25(22)31)14-8-10-23(18(28)11-14)34(2,3)33/h4-12,21-22H,13H2,1-3H3/t21-,22-/m1/s1/i1D3. The first-order valence-corrected chi connectivity index (χ1v) is 14.2. The van der Waals surface area contributed by atoms with E-state index in [-0.39, 0.29) is 11.3 Å². The lowest BCUT2D eigenvalue weighted by Crippen LogP contribution is -2.30. The van der Waals surface area contributed by atoms with Gasteiger partial charge in [-0.05, 0) is 60.9 Å². The third-order valence-corrected chi connectivity index (χ3v) is 9.00. The SMILES string of the molecule is [2H]C([2H])([2H])N1C(=O)c2cccc(Br)c2[C@H]2C[C@@H]1c1nc3ccc(-c4ccc(P(C)(C)=O)c(F)c4)cc3n12. The molecule has 1 amide bonds. The average molecular weight is 541 g/mol. The number of hydrogen-bond acceptors (Lipinski definition) is 3. The molecule has 8 heteroatoms. The van der Waals surface area contributed by atoms with Gasteiger partial charge in [0.05, 0.1) is 23.1 Å². The Balaban J connectivity index is 1.57. The molecule has 5 nitrogen and oxygen atoms in total. The lowest BCUT2D eigenvalue weighted by atomic mass is 9.98. The number of halogens is 2. The summed E-state index contributed by atoms with van der Waals surface area (Å²) in [6.07, 6.45) is 0.383. The summed E-state index contributed by atoms with van der Waals surface area (Å²) in [5, 5.41) is 0.212. The number of carbonyl (C=O) groups is 1. The fraction of sp³-hybridized carbons (Fsp3) is 0.231. The van der Waals surface area contributed by atoms with Gasteiger partial charge >= 0.3 is 0 Å². The van der Waals surface area contributed by atoms with Gasteiger partial charge in [0.15, 0.2) is 0 Å². The minimum Gasteiger partial charge on any atom is -0.331 e. The number of aromatic nitrogens is 2. The quantitative estimate of drug-likeness (QED) is 0.294. The van der Waals surface area contributed by atoms with E-state index in [0.717, 1.165) is 26.0 Å². The van der Waals surface area contributed by atoms with Crippen LogP contribution in [-0.4, -0.2) is 40.7 Å². The number of rotatable bonds is 2. The predicted octanol–water partition coefficient (Wildman–Crippen LogP) is 5.97. The van der Waals surface area contributed by atoms with Gasteiger partial charge in [-0.1, -0.05) is 34.1 Å². The molecule has 3 heterocycles. The van der Waals surface area contributed by atoms with Gasteiger partial charge in [0, 0.05) is 38.4 Å². The van der Waals surface area contributed by atoms with Crippen molar-refractivity contribution in [2.75, 3.05) is 20.3 Å². The fourth-order valence-corrected chi connectivity index (χ4v) is 6.84. The number of fused-ring (bicyclic) bond motifs is 9. The van der Waals surface area contributed by atoms with Crippen molar-refractivity contribution >= 4 is 45.3 Å². The Morgan fingerprint density at radius 1 is 1.12 bits per heavy atom. The molecule has 1 aromatic heterocycles. The van der Waals surface area contributed by atoms with Crippen LogP contribution in [-0.2, 0) is 4.57 Å². The number of imidazole rings is 1. The maximum atomic E-state index is 14.8. The third-order valence-electron chi connectivity index (χ3n) is 6.78. The maximum absolute atomic E-state index is 14.8. The van der Waals surface area contributed by atoms with E-state index in [2.05, 4.69) is 15.9 Å². The summed E-state index contributed by atoms with van der Waals surface area (Å²) in [7, 11) is -2.76. The number of benzene rings is 3. The first-order valence-electron chi connectivity index (χ1n) is 12.4. The lowest BCUT2D eigenvalue weighted by molar-refractivity contribution is 0.0734. The molecule has 0 fully saturated rings. The molecule has 0 N–H and O–H groups in total. The van der Waals surface area contributed by atoms with Crippen LogP contribution < -0.4 is 5.30 Å². The normalized spacial score (nSPS) is 21.0. The number of nitrogens with zero attached hydrogens (tertiary/aromatic N) is 3. The molecule has 2 bridgehead atoms. The molecule has 0 unspecified atom stereocenters. The molecule has 6 rings (SSSR count). The van der Waals surface area contributed by atoms with E-state index < -0.39 is 31.9 Å². The van der Waals surface area contributed by atoms with Crippen LogP contribution in [0.15, 0.2) is 59.1 Å². The Morgan fingerprint density at radius 3 is 2.62 bits per heavy atom. The molecular formula is C26H22BrFN3O2P. The zero-order valence-corrected chi connectivity index (χ0v) is 20.9. The van der Waals surface area contributed by atoms with Crippen molar-refractivity contribution in [2.24, 2.45) is 0 Å². The van der Waals surface area contributed by atoms with Crippen LogP contribution in [0.25, 0.3) is 22.2 Å². The molecule has 2 atom stereocenters. The highest BCUT2D eigenvalue weighted by Gasteiger charge is 2.44. The van der Waals surface area contributed by atoms with E-state index in [4.69, 9.17) is 9.10 Å². The van der Waals surface area contributed by atoms with Crippen molar-refractivity contribution in [1.82, 2.24) is 14.5 Å². The van der Waals surface area contributed by atoms with Crippen molar-refractivity contribution < 1.29 is 17.9 Å². The van der Waals surface area contributed by atoms with Gasteiger partial charge in [0.25, 0.3) is 5.91 Å². The van der Waals surface area contributed by atoms with Crippen molar-refractivity contribution in [2.45, 2.75) is 18.5 Å². The van der Waals surface area contributed by atoms with Gasteiger partial charge in [-0.25, -0.2) is 9.37 Å². The summed E-state index contributed by atoms with van der Waals surface area (Å²) in [4.78, 5) is 19.2. The summed E-state index contributed by atoms with van der Waals surface area (Å²) < 4.78 is 54.4. The number of carbonyl (C=O) groups excluding carboxylic acids is 1. The van der Waals surface area contributed by atoms with E-state index in [1.165, 1.54) is 19.4 Å². The van der Waals surface area contributed by atoms with Crippen LogP contribution >= 0.6 is 23.1 Å². The van der Waals surface area contributed by atoms with Gasteiger partial charge in [0.1, 0.15) is 18.8 Å². The summed E-state index contributed by atoms with van der Waals surface area (Å²) in [6, 6.07) is 14.5. The second-order valence-corrected chi connectivity index (χ2v) is 13.2. The first-order chi connectivity index (χ1) is 17.4. The van der Waals surface area contributed by atoms with Crippen LogP contribution in [0.2, 0.25) is 0 Å². The van der Waals surface area contributed by atoms with Gasteiger partial charge in [-0.2, -0.15) is 0 Å². The minimum atomic E-state index is -2.76. The maximum Gasteiger partial charge on any atom is 0.254 e. The lowest BCUT2D eigenvalue weighted by Gasteiger charge is -2.24. The van der Waals surface area contributed by atoms with Crippen molar-refractivity contribution in [1.29, 1.82) is 0 Å². The van der Waals surface area contributed by atoms with Crippen molar-refractivity contribution in [3.63, 3.8) is 0 Å². The van der Waals surface area contributed by atoms with Crippen LogP contribution in [0.4, 0.5) is 4.39 Å². The summed E-state index contributed by atoms with van der Waals surface area (Å²) in [5.41, 5.74) is 3.88. The summed E-state index contributed by atoms with van der Waals surface area (Å²) in [6.45, 7) is 0.430. The van der Waals surface area contributed by atoms with E-state index >= 15 is 0 Å². The van der Waals surface area contributed by atoms with Gasteiger partial charge in [-0.3, -0.25) is 4.79 Å². The Bertz CT molecular complexity index is 1680. The number of hydrogen-bond donors (Lipinski definition) is 0. The van der Waals surface area contributed by atoms with Crippen molar-refractivity contribution in [3.8, 4) is 11.1 Å². The molecule has 2 aliphatic heterocycles. The van der Waals surface area contributed by atoms with E-state index in [0.29, 0.717) is 28.9 Å². The van der Waals surface area contributed by atoms with Crippen LogP contribution in [0.5, 0.6) is 0 Å². The molecule has 3 aromatic carbocycles. The molecule has 0 spiro atoms. The van der Waals surface area contributed by atoms with Crippen LogP contribution in [0.1, 0.15) is 44.4 Å². The highest BCUT2D eigenvalue weighted by atomic mass is 79.9. The van der Waals surface area contributed by atoms with Crippen molar-refractivity contribution in [3.05, 3.63) is 81.8 Å². The largest absolute Gasteiger partial charge is 0.331 e. The monoisotopic (exact) mass is 540 g/mol. The minimum absolute atomic E-state index is 0.212. The molecule has 0 radical (unpaired) electrons. The summed E-state index contributed by atoms with van der Waals surface area (Å²) >= 11 is 3.59. The highest BCUT2D eigenvalue weighted by molar-refractivity contribution is 9.10. The van der Waals surface area contributed by atoms with Crippen LogP contribution in [0, 0.1) is 5.82 Å². The zero-order valence-electron chi connectivity index (χ0n) is 21.4. The Morgan fingerprint density at radius 2 is 1.88 bits per heavy atom. The highest BCUT2D eigenvalue weighted by Crippen LogP contribution is 2.49. The van der Waals surface area contributed by atoms with E-state index in [9.17, 15) is 13.8 Å². The predicted molar refractivity (Wildman–Crippen MR) is 136 cm³/mol. The second kappa shape index (κ2) is 7.37. The molecule has 4 aromatic rings. The van der Waals surface area contributed by atoms with E-state index in [1.54, 1.807) is 24.3 Å². The molecule has 34 heavy (non-hydrogen) atoms. The smallest absolute Gasteiger partial charge is 0.254 e. The average Bonchev–Trinajstić information content (AvgIpc) is 3.30. The Hall–Kier alpha value is -2.76. The molecule has 0 aliphatic carbocycles. The van der Waals surface area contributed by atoms with Gasteiger partial charge < -0.3 is 14.0 Å². The fourth-order valence-electron chi connectivity index (χ4n) is 5.20. The van der Waals surface area contributed by atoms with Gasteiger partial charge in [-0.15, -0.1) is 0 Å². The Kier molecular flexibility index (Phi) is 4.02. The van der Waals surface area contributed by atoms with Crippen LogP contribution in [0.3, 0.4) is 0 Å². The Labute approximate surface area is 209 Å². The molecule has 0 saturated heterocycles. The first kappa shape index (κ1) is 18.6. The molecule has 172 valence electrons.